The maximum Gasteiger partial charge on any atom is 0.338 e. The van der Waals surface area contributed by atoms with E-state index >= 15 is 0 Å². The third kappa shape index (κ3) is 5.61. The predicted molar refractivity (Wildman–Crippen MR) is 175 cm³/mol. The Morgan fingerprint density at radius 1 is 1.07 bits per heavy atom. The molecule has 1 atom stereocenters. The van der Waals surface area contributed by atoms with Crippen LogP contribution in [0.4, 0.5) is 0 Å². The highest BCUT2D eigenvalue weighted by Gasteiger charge is 2.33. The van der Waals surface area contributed by atoms with Gasteiger partial charge in [-0.2, -0.15) is 5.10 Å². The highest BCUT2D eigenvalue weighted by atomic mass is 79.9. The molecule has 220 valence electrons. The van der Waals surface area contributed by atoms with E-state index in [0.29, 0.717) is 26.4 Å². The van der Waals surface area contributed by atoms with Gasteiger partial charge in [-0.1, -0.05) is 82.4 Å². The van der Waals surface area contributed by atoms with Gasteiger partial charge in [-0.25, -0.2) is 14.5 Å². The molecule has 3 aromatic carbocycles. The van der Waals surface area contributed by atoms with Crippen LogP contribution in [0.2, 0.25) is 0 Å². The van der Waals surface area contributed by atoms with Crippen LogP contribution in [0.25, 0.3) is 23.0 Å². The molecule has 3 heterocycles. The molecule has 44 heavy (non-hydrogen) atoms. The summed E-state index contributed by atoms with van der Waals surface area (Å²) < 4.78 is 15.6. The third-order valence-electron chi connectivity index (χ3n) is 7.17. The van der Waals surface area contributed by atoms with Gasteiger partial charge in [0, 0.05) is 21.8 Å². The molecule has 5 aromatic rings. The van der Waals surface area contributed by atoms with E-state index in [2.05, 4.69) is 22.5 Å². The van der Waals surface area contributed by atoms with Gasteiger partial charge in [0.15, 0.2) is 4.80 Å². The second-order valence-electron chi connectivity index (χ2n) is 9.96. The first kappa shape index (κ1) is 29.3. The number of fused-ring (bicyclic) bond motifs is 1. The van der Waals surface area contributed by atoms with Crippen molar-refractivity contribution in [1.82, 2.24) is 14.3 Å². The second-order valence-corrected chi connectivity index (χ2v) is 11.9. The zero-order valence-corrected chi connectivity index (χ0v) is 26.3. The van der Waals surface area contributed by atoms with Gasteiger partial charge in [0.05, 0.1) is 40.3 Å². The number of ether oxygens (including phenoxy) is 2. The Bertz CT molecular complexity index is 2080. The summed E-state index contributed by atoms with van der Waals surface area (Å²) in [7, 11) is 1.59. The number of carbonyl (C=O) groups is 1. The summed E-state index contributed by atoms with van der Waals surface area (Å²) >= 11 is 4.77. The number of hydrogen-bond acceptors (Lipinski definition) is 7. The van der Waals surface area contributed by atoms with Crippen molar-refractivity contribution in [3.05, 3.63) is 144 Å². The number of esters is 1. The van der Waals surface area contributed by atoms with E-state index < -0.39 is 12.0 Å². The number of rotatable bonds is 8. The molecule has 0 bridgehead atoms. The molecule has 1 unspecified atom stereocenters. The van der Waals surface area contributed by atoms with Crippen molar-refractivity contribution in [3.63, 3.8) is 0 Å². The van der Waals surface area contributed by atoms with Gasteiger partial charge >= 0.3 is 5.97 Å². The number of hydrogen-bond donors (Lipinski definition) is 0. The monoisotopic (exact) mass is 666 g/mol. The molecule has 2 aromatic heterocycles. The Morgan fingerprint density at radius 3 is 2.48 bits per heavy atom. The van der Waals surface area contributed by atoms with Crippen molar-refractivity contribution < 1.29 is 14.3 Å². The van der Waals surface area contributed by atoms with E-state index in [9.17, 15) is 9.59 Å². The number of halogens is 1. The first-order valence-electron chi connectivity index (χ1n) is 13.7. The van der Waals surface area contributed by atoms with E-state index in [1.54, 1.807) is 35.4 Å². The molecule has 1 aliphatic rings. The largest absolute Gasteiger partial charge is 0.497 e. The number of methoxy groups -OCH3 is 1. The molecule has 0 radical (unpaired) electrons. The molecule has 0 amide bonds. The molecule has 0 aliphatic carbocycles. The van der Waals surface area contributed by atoms with Crippen LogP contribution in [0.5, 0.6) is 5.75 Å². The van der Waals surface area contributed by atoms with E-state index in [1.807, 2.05) is 79.0 Å². The summed E-state index contributed by atoms with van der Waals surface area (Å²) in [6.07, 6.45) is 5.26. The van der Waals surface area contributed by atoms with E-state index in [0.717, 1.165) is 32.5 Å². The summed E-state index contributed by atoms with van der Waals surface area (Å²) in [4.78, 5) is 32.7. The van der Waals surface area contributed by atoms with Crippen molar-refractivity contribution in [1.29, 1.82) is 0 Å². The number of thiazole rings is 1. The minimum atomic E-state index is -0.741. The fourth-order valence-electron chi connectivity index (χ4n) is 5.08. The average molecular weight is 668 g/mol. The SMILES string of the molecule is C=CCOC(=O)C1=C(C)N=c2sc(=Cc3cn(-c4ccccc4)nc3-c3ccc(Br)cc3)c(=O)n2C1c1ccc(OC)cc1. The van der Waals surface area contributed by atoms with Gasteiger partial charge < -0.3 is 9.47 Å². The smallest absolute Gasteiger partial charge is 0.338 e. The summed E-state index contributed by atoms with van der Waals surface area (Å²) in [6.45, 7) is 5.44. The molecule has 1 aliphatic heterocycles. The maximum absolute atomic E-state index is 14.2. The molecule has 8 nitrogen and oxygen atoms in total. The quantitative estimate of drug-likeness (QED) is 0.159. The van der Waals surface area contributed by atoms with Gasteiger partial charge in [0.1, 0.15) is 12.4 Å². The molecule has 10 heteroatoms. The van der Waals surface area contributed by atoms with Crippen molar-refractivity contribution in [3.8, 4) is 22.7 Å². The molecule has 0 saturated carbocycles. The van der Waals surface area contributed by atoms with Crippen LogP contribution < -0.4 is 19.6 Å². The lowest BCUT2D eigenvalue weighted by molar-refractivity contribution is -0.138. The van der Waals surface area contributed by atoms with Gasteiger partial charge in [0.2, 0.25) is 0 Å². The molecular weight excluding hydrogens is 640 g/mol. The first-order valence-corrected chi connectivity index (χ1v) is 15.3. The topological polar surface area (TPSA) is 87.7 Å². The number of nitrogens with zero attached hydrogens (tertiary/aromatic N) is 4. The van der Waals surface area contributed by atoms with Crippen LogP contribution in [-0.4, -0.2) is 34.0 Å². The minimum Gasteiger partial charge on any atom is -0.497 e. The normalized spacial score (nSPS) is 14.6. The molecule has 0 N–H and O–H groups in total. The van der Waals surface area contributed by atoms with Crippen LogP contribution in [0, 0.1) is 0 Å². The summed E-state index contributed by atoms with van der Waals surface area (Å²) in [5.74, 6) is 0.108. The van der Waals surface area contributed by atoms with Crippen molar-refractivity contribution in [2.24, 2.45) is 4.99 Å². The number of aromatic nitrogens is 3. The fraction of sp³-hybridized carbons (Fsp3) is 0.118. The van der Waals surface area contributed by atoms with Gasteiger partial charge in [0.25, 0.3) is 5.56 Å². The van der Waals surface area contributed by atoms with Crippen molar-refractivity contribution in [2.75, 3.05) is 13.7 Å². The first-order chi connectivity index (χ1) is 21.4. The Balaban J connectivity index is 1.54. The van der Waals surface area contributed by atoms with E-state index in [1.165, 1.54) is 17.4 Å². The van der Waals surface area contributed by atoms with Gasteiger partial charge in [-0.15, -0.1) is 0 Å². The summed E-state index contributed by atoms with van der Waals surface area (Å²) in [5.41, 5.74) is 4.53. The van der Waals surface area contributed by atoms with Crippen LogP contribution in [0.3, 0.4) is 0 Å². The Morgan fingerprint density at radius 2 is 1.80 bits per heavy atom. The lowest BCUT2D eigenvalue weighted by atomic mass is 9.96. The highest BCUT2D eigenvalue weighted by molar-refractivity contribution is 9.10. The lowest BCUT2D eigenvalue weighted by Gasteiger charge is -2.24. The predicted octanol–water partition coefficient (Wildman–Crippen LogP) is 5.59. The van der Waals surface area contributed by atoms with Crippen molar-refractivity contribution in [2.45, 2.75) is 13.0 Å². The zero-order chi connectivity index (χ0) is 30.8. The lowest BCUT2D eigenvalue weighted by Crippen LogP contribution is -2.39. The van der Waals surface area contributed by atoms with Gasteiger partial charge in [-0.3, -0.25) is 9.36 Å². The third-order valence-corrected chi connectivity index (χ3v) is 8.68. The minimum absolute atomic E-state index is 0.0413. The maximum atomic E-state index is 14.2. The summed E-state index contributed by atoms with van der Waals surface area (Å²) in [6, 6.07) is 24.2. The number of allylic oxidation sites excluding steroid dienone is 1. The Labute approximate surface area is 265 Å². The molecule has 0 spiro atoms. The Hall–Kier alpha value is -4.80. The van der Waals surface area contributed by atoms with Gasteiger partial charge in [-0.05, 0) is 55.0 Å². The van der Waals surface area contributed by atoms with Crippen LogP contribution in [-0.2, 0) is 9.53 Å². The second kappa shape index (κ2) is 12.4. The molecule has 0 saturated heterocycles. The van der Waals surface area contributed by atoms with Crippen molar-refractivity contribution >= 4 is 39.3 Å². The Kier molecular flexibility index (Phi) is 8.28. The van der Waals surface area contributed by atoms with E-state index in [-0.39, 0.29) is 12.2 Å². The van der Waals surface area contributed by atoms with Crippen LogP contribution in [0.1, 0.15) is 24.1 Å². The number of carbonyl (C=O) groups excluding carboxylic acids is 1. The van der Waals surface area contributed by atoms with Crippen LogP contribution in [0.15, 0.2) is 123 Å². The van der Waals surface area contributed by atoms with E-state index in [4.69, 9.17) is 19.6 Å². The molecule has 6 rings (SSSR count). The molecule has 0 fully saturated rings. The number of benzene rings is 3. The average Bonchev–Trinajstić information content (AvgIpc) is 3.60. The number of para-hydroxylation sites is 1. The van der Waals surface area contributed by atoms with Crippen LogP contribution >= 0.6 is 27.3 Å². The zero-order valence-electron chi connectivity index (χ0n) is 23.9. The summed E-state index contributed by atoms with van der Waals surface area (Å²) in [5, 5.41) is 4.90. The fourth-order valence-corrected chi connectivity index (χ4v) is 6.38. The molecular formula is C34H27BrN4O4S. The highest BCUT2D eigenvalue weighted by Crippen LogP contribution is 2.32. The standard InChI is InChI=1S/C34H27BrN4O4S/c1-4-18-43-33(41)29-21(2)36-34-39(31(29)23-12-16-27(42-3)17-13-23)32(40)28(44-34)19-24-20-38(26-8-6-5-7-9-26)37-30(24)22-10-14-25(35)15-11-22/h4-17,19-20,31H,1,18H2,2-3H3.